The van der Waals surface area contributed by atoms with Gasteiger partial charge in [0.15, 0.2) is 0 Å². The highest BCUT2D eigenvalue weighted by atomic mass is 35.5. The average molecular weight is 455 g/mol. The van der Waals surface area contributed by atoms with E-state index in [9.17, 15) is 13.2 Å². The Kier molecular flexibility index (Phi) is 5.22. The van der Waals surface area contributed by atoms with E-state index in [1.165, 1.54) is 17.4 Å². The van der Waals surface area contributed by atoms with E-state index in [2.05, 4.69) is 15.8 Å². The largest absolute Gasteiger partial charge is 0.461 e. The van der Waals surface area contributed by atoms with E-state index in [4.69, 9.17) is 16.6 Å². The second kappa shape index (κ2) is 7.55. The smallest absolute Gasteiger partial charge is 0.333 e. The van der Waals surface area contributed by atoms with Crippen molar-refractivity contribution >= 4 is 51.6 Å². The standard InChI is InChI=1S/C19H14ClF3N4S2/c1-10-7-14-12(5-6-24-17(14)27(10)2)18-25-16(9-28-18)13-4-3-11(8-15(13)20)26-29-19(21,22)23/h3-9,26H,1-2H3. The molecule has 4 nitrogen and oxygen atoms in total. The zero-order valence-corrected chi connectivity index (χ0v) is 17.6. The van der Waals surface area contributed by atoms with Crippen molar-refractivity contribution < 1.29 is 13.2 Å². The van der Waals surface area contributed by atoms with Crippen LogP contribution in [0.25, 0.3) is 32.9 Å². The van der Waals surface area contributed by atoms with Gasteiger partial charge >= 0.3 is 5.51 Å². The maximum absolute atomic E-state index is 12.3. The van der Waals surface area contributed by atoms with Crippen LogP contribution in [0.3, 0.4) is 0 Å². The van der Waals surface area contributed by atoms with Crippen molar-refractivity contribution in [2.45, 2.75) is 12.4 Å². The predicted molar refractivity (Wildman–Crippen MR) is 114 cm³/mol. The molecule has 29 heavy (non-hydrogen) atoms. The van der Waals surface area contributed by atoms with E-state index < -0.39 is 5.51 Å². The first-order chi connectivity index (χ1) is 13.7. The number of rotatable bonds is 4. The molecule has 0 aliphatic heterocycles. The molecule has 1 N–H and O–H groups in total. The van der Waals surface area contributed by atoms with Crippen LogP contribution in [0.2, 0.25) is 5.02 Å². The number of anilines is 1. The highest BCUT2D eigenvalue weighted by Gasteiger charge is 2.29. The first kappa shape index (κ1) is 20.1. The highest BCUT2D eigenvalue weighted by molar-refractivity contribution is 8.01. The molecule has 0 radical (unpaired) electrons. The summed E-state index contributed by atoms with van der Waals surface area (Å²) in [5, 5.41) is 4.05. The number of benzene rings is 1. The minimum atomic E-state index is -4.37. The summed E-state index contributed by atoms with van der Waals surface area (Å²) in [7, 11) is 1.97. The molecule has 0 amide bonds. The van der Waals surface area contributed by atoms with E-state index >= 15 is 0 Å². The third-order valence-corrected chi connectivity index (χ3v) is 6.19. The number of hydrogen-bond acceptors (Lipinski definition) is 5. The Labute approximate surface area is 177 Å². The number of nitrogens with one attached hydrogen (secondary N) is 1. The monoisotopic (exact) mass is 454 g/mol. The number of fused-ring (bicyclic) bond motifs is 1. The molecule has 4 rings (SSSR count). The summed E-state index contributed by atoms with van der Waals surface area (Å²) in [6, 6.07) is 8.66. The molecule has 0 spiro atoms. The van der Waals surface area contributed by atoms with Crippen LogP contribution in [0.15, 0.2) is 41.9 Å². The minimum Gasteiger partial charge on any atom is -0.333 e. The Morgan fingerprint density at radius 2 is 1.97 bits per heavy atom. The number of hydrogen-bond donors (Lipinski definition) is 1. The van der Waals surface area contributed by atoms with Crippen molar-refractivity contribution in [2.24, 2.45) is 7.05 Å². The van der Waals surface area contributed by atoms with Crippen molar-refractivity contribution in [3.63, 3.8) is 0 Å². The molecule has 0 aliphatic rings. The molecule has 0 atom stereocenters. The Bertz CT molecular complexity index is 1200. The molecular formula is C19H14ClF3N4S2. The molecule has 4 aromatic rings. The molecule has 150 valence electrons. The van der Waals surface area contributed by atoms with E-state index in [0.29, 0.717) is 16.3 Å². The van der Waals surface area contributed by atoms with Gasteiger partial charge in [-0.2, -0.15) is 13.2 Å². The van der Waals surface area contributed by atoms with Gasteiger partial charge < -0.3 is 9.29 Å². The fraction of sp³-hybridized carbons (Fsp3) is 0.158. The molecule has 1 aromatic carbocycles. The lowest BCUT2D eigenvalue weighted by atomic mass is 10.1. The number of thiazole rings is 1. The third kappa shape index (κ3) is 4.08. The average Bonchev–Trinajstić information content (AvgIpc) is 3.25. The Morgan fingerprint density at radius 1 is 1.17 bits per heavy atom. The summed E-state index contributed by atoms with van der Waals surface area (Å²) < 4.78 is 41.3. The summed E-state index contributed by atoms with van der Waals surface area (Å²) in [6.45, 7) is 2.02. The van der Waals surface area contributed by atoms with Crippen molar-refractivity contribution in [1.82, 2.24) is 14.5 Å². The van der Waals surface area contributed by atoms with Crippen LogP contribution in [-0.2, 0) is 7.05 Å². The molecule has 0 saturated carbocycles. The fourth-order valence-corrected chi connectivity index (χ4v) is 4.45. The van der Waals surface area contributed by atoms with Gasteiger partial charge in [0.25, 0.3) is 0 Å². The van der Waals surface area contributed by atoms with Crippen LogP contribution in [0, 0.1) is 6.92 Å². The number of alkyl halides is 3. The van der Waals surface area contributed by atoms with Gasteiger partial charge in [0.2, 0.25) is 0 Å². The summed E-state index contributed by atoms with van der Waals surface area (Å²) in [4.78, 5) is 9.15. The van der Waals surface area contributed by atoms with Crippen LogP contribution in [-0.4, -0.2) is 20.0 Å². The van der Waals surface area contributed by atoms with E-state index in [0.717, 1.165) is 27.3 Å². The number of nitrogens with zero attached hydrogens (tertiary/aromatic N) is 3. The van der Waals surface area contributed by atoms with Crippen LogP contribution < -0.4 is 4.72 Å². The molecule has 0 fully saturated rings. The van der Waals surface area contributed by atoms with Gasteiger partial charge in [0, 0.05) is 46.5 Å². The molecule has 0 saturated heterocycles. The van der Waals surface area contributed by atoms with Gasteiger partial charge in [-0.1, -0.05) is 11.6 Å². The SMILES string of the molecule is Cc1cc2c(-c3nc(-c4ccc(NSC(F)(F)F)cc4Cl)cs3)ccnc2n1C. The van der Waals surface area contributed by atoms with Crippen LogP contribution in [0.4, 0.5) is 18.9 Å². The van der Waals surface area contributed by atoms with Gasteiger partial charge in [-0.05, 0) is 37.3 Å². The number of halogens is 4. The van der Waals surface area contributed by atoms with E-state index in [1.807, 2.05) is 30.0 Å². The van der Waals surface area contributed by atoms with Crippen molar-refractivity contribution in [3.05, 3.63) is 52.6 Å². The minimum absolute atomic E-state index is 0.270. The topological polar surface area (TPSA) is 42.7 Å². The lowest BCUT2D eigenvalue weighted by molar-refractivity contribution is -0.0323. The zero-order valence-electron chi connectivity index (χ0n) is 15.2. The maximum atomic E-state index is 12.3. The molecule has 0 bridgehead atoms. The summed E-state index contributed by atoms with van der Waals surface area (Å²) in [6.07, 6.45) is 1.75. The maximum Gasteiger partial charge on any atom is 0.461 e. The van der Waals surface area contributed by atoms with Gasteiger partial charge in [-0.25, -0.2) is 9.97 Å². The first-order valence-corrected chi connectivity index (χ1v) is 10.5. The number of aryl methyl sites for hydroxylation is 2. The second-order valence-electron chi connectivity index (χ2n) is 6.32. The molecule has 0 unspecified atom stereocenters. The Hall–Kier alpha value is -2.23. The number of aromatic nitrogens is 3. The zero-order chi connectivity index (χ0) is 20.8. The van der Waals surface area contributed by atoms with E-state index in [-0.39, 0.29) is 17.6 Å². The van der Waals surface area contributed by atoms with E-state index in [1.54, 1.807) is 18.3 Å². The first-order valence-electron chi connectivity index (χ1n) is 8.40. The molecule has 10 heteroatoms. The lowest BCUT2D eigenvalue weighted by Gasteiger charge is -2.09. The molecule has 0 aliphatic carbocycles. The van der Waals surface area contributed by atoms with Crippen molar-refractivity contribution in [3.8, 4) is 21.8 Å². The molecule has 3 aromatic heterocycles. The second-order valence-corrected chi connectivity index (χ2v) is 8.46. The lowest BCUT2D eigenvalue weighted by Crippen LogP contribution is -2.04. The van der Waals surface area contributed by atoms with Gasteiger partial charge in [-0.15, -0.1) is 11.3 Å². The fourth-order valence-electron chi connectivity index (χ4n) is 2.96. The molecular weight excluding hydrogens is 441 g/mol. The summed E-state index contributed by atoms with van der Waals surface area (Å²) in [5.74, 6) is 0. The Balaban J connectivity index is 1.66. The summed E-state index contributed by atoms with van der Waals surface area (Å²) in [5.41, 5.74) is 0.180. The van der Waals surface area contributed by atoms with Gasteiger partial charge in [0.05, 0.1) is 22.7 Å². The van der Waals surface area contributed by atoms with Crippen molar-refractivity contribution in [2.75, 3.05) is 4.72 Å². The van der Waals surface area contributed by atoms with Crippen molar-refractivity contribution in [1.29, 1.82) is 0 Å². The third-order valence-electron chi connectivity index (χ3n) is 4.43. The van der Waals surface area contributed by atoms with Gasteiger partial charge in [0.1, 0.15) is 10.7 Å². The van der Waals surface area contributed by atoms with Gasteiger partial charge in [-0.3, -0.25) is 0 Å². The van der Waals surface area contributed by atoms with Crippen LogP contribution >= 0.6 is 34.9 Å². The normalized spacial score (nSPS) is 11.9. The van der Waals surface area contributed by atoms with Crippen LogP contribution in [0.1, 0.15) is 5.69 Å². The molecule has 3 heterocycles. The predicted octanol–water partition coefficient (Wildman–Crippen LogP) is 6.91. The quantitative estimate of drug-likeness (QED) is 0.340. The number of pyridine rings is 1. The Morgan fingerprint density at radius 3 is 2.69 bits per heavy atom. The summed E-state index contributed by atoms with van der Waals surface area (Å²) >= 11 is 7.46. The highest BCUT2D eigenvalue weighted by Crippen LogP contribution is 2.38. The van der Waals surface area contributed by atoms with Crippen LogP contribution in [0.5, 0.6) is 0 Å².